The zero-order valence-corrected chi connectivity index (χ0v) is 13.3. The van der Waals surface area contributed by atoms with E-state index in [1.165, 1.54) is 28.2 Å². The third-order valence-corrected chi connectivity index (χ3v) is 6.08. The molecule has 0 bridgehead atoms. The van der Waals surface area contributed by atoms with Crippen molar-refractivity contribution < 1.29 is 8.42 Å². The average molecular weight is 327 g/mol. The molecule has 21 heavy (non-hydrogen) atoms. The van der Waals surface area contributed by atoms with Crippen molar-refractivity contribution in [3.05, 3.63) is 23.6 Å². The van der Waals surface area contributed by atoms with Crippen LogP contribution in [0, 0.1) is 0 Å². The summed E-state index contributed by atoms with van der Waals surface area (Å²) >= 11 is 1.34. The molecule has 1 aliphatic heterocycles. The van der Waals surface area contributed by atoms with Gasteiger partial charge in [0, 0.05) is 25.2 Å². The number of sulfonamides is 1. The minimum atomic E-state index is -3.60. The topological polar surface area (TPSA) is 94.1 Å². The second kappa shape index (κ2) is 5.39. The quantitative estimate of drug-likeness (QED) is 0.919. The summed E-state index contributed by atoms with van der Waals surface area (Å²) in [4.78, 5) is 8.25. The zero-order chi connectivity index (χ0) is 15.0. The summed E-state index contributed by atoms with van der Waals surface area (Å²) in [7, 11) is -1.85. The van der Waals surface area contributed by atoms with E-state index >= 15 is 0 Å². The van der Waals surface area contributed by atoms with Crippen molar-refractivity contribution in [2.75, 3.05) is 12.3 Å². The lowest BCUT2D eigenvalue weighted by Gasteiger charge is -2.33. The highest BCUT2D eigenvalue weighted by atomic mass is 32.2. The molecule has 0 unspecified atom stereocenters. The van der Waals surface area contributed by atoms with Gasteiger partial charge in [0.2, 0.25) is 0 Å². The molecular weight excluding hydrogens is 310 g/mol. The summed E-state index contributed by atoms with van der Waals surface area (Å²) in [5.41, 5.74) is 6.41. The van der Waals surface area contributed by atoms with Gasteiger partial charge in [-0.15, -0.1) is 11.3 Å². The number of piperidine rings is 1. The second-order valence-electron chi connectivity index (χ2n) is 5.12. The van der Waals surface area contributed by atoms with Gasteiger partial charge in [0.15, 0.2) is 10.2 Å². The fourth-order valence-electron chi connectivity index (χ4n) is 2.58. The molecular formula is C12H17N5O2S2. The van der Waals surface area contributed by atoms with Crippen molar-refractivity contribution >= 4 is 26.5 Å². The van der Waals surface area contributed by atoms with Gasteiger partial charge < -0.3 is 10.3 Å². The summed E-state index contributed by atoms with van der Waals surface area (Å²) in [6.45, 7) is 0.487. The third-order valence-electron chi connectivity index (χ3n) is 3.59. The minimum absolute atomic E-state index is 0.0834. The fraction of sp³-hybridized carbons (Fsp3) is 0.500. The molecule has 3 heterocycles. The third kappa shape index (κ3) is 2.68. The predicted octanol–water partition coefficient (Wildman–Crippen LogP) is 1.37. The molecule has 1 fully saturated rings. The Kier molecular flexibility index (Phi) is 3.72. The molecule has 9 heteroatoms. The Morgan fingerprint density at radius 2 is 2.24 bits per heavy atom. The standard InChI is InChI=1S/C12H17N5O2S2/c1-16-6-11(14-8-16)21(18,19)17-5-3-2-4-10(17)9-7-20-12(13)15-9/h6-8,10H,2-5H2,1H3,(H2,13,15)/t10-/m0/s1. The maximum atomic E-state index is 12.8. The Hall–Kier alpha value is -1.45. The molecule has 7 nitrogen and oxygen atoms in total. The summed E-state index contributed by atoms with van der Waals surface area (Å²) in [6.07, 6.45) is 5.61. The molecule has 1 aliphatic rings. The van der Waals surface area contributed by atoms with Gasteiger partial charge in [0.25, 0.3) is 10.0 Å². The van der Waals surface area contributed by atoms with Crippen molar-refractivity contribution in [1.29, 1.82) is 0 Å². The highest BCUT2D eigenvalue weighted by Gasteiger charge is 2.36. The first-order chi connectivity index (χ1) is 9.98. The molecule has 0 amide bonds. The Balaban J connectivity index is 1.97. The van der Waals surface area contributed by atoms with E-state index in [0.717, 1.165) is 25.0 Å². The Labute approximate surface area is 127 Å². The number of hydrogen-bond donors (Lipinski definition) is 1. The number of aromatic nitrogens is 3. The van der Waals surface area contributed by atoms with Crippen LogP contribution in [-0.4, -0.2) is 33.8 Å². The number of nitrogens with two attached hydrogens (primary N) is 1. The summed E-state index contributed by atoms with van der Waals surface area (Å²) in [6, 6.07) is -0.251. The van der Waals surface area contributed by atoms with Crippen molar-refractivity contribution in [2.24, 2.45) is 7.05 Å². The van der Waals surface area contributed by atoms with Crippen LogP contribution in [0.4, 0.5) is 5.13 Å². The highest BCUT2D eigenvalue weighted by molar-refractivity contribution is 7.89. The molecule has 2 aromatic rings. The summed E-state index contributed by atoms with van der Waals surface area (Å²) in [5.74, 6) is 0. The van der Waals surface area contributed by atoms with Gasteiger partial charge in [-0.25, -0.2) is 18.4 Å². The lowest BCUT2D eigenvalue weighted by molar-refractivity contribution is 0.251. The summed E-state index contributed by atoms with van der Waals surface area (Å²) in [5, 5.41) is 2.39. The molecule has 0 spiro atoms. The summed E-state index contributed by atoms with van der Waals surface area (Å²) < 4.78 is 28.7. The van der Waals surface area contributed by atoms with Crippen LogP contribution in [0.3, 0.4) is 0 Å². The molecule has 0 saturated carbocycles. The van der Waals surface area contributed by atoms with Gasteiger partial charge in [-0.05, 0) is 12.8 Å². The minimum Gasteiger partial charge on any atom is -0.375 e. The Morgan fingerprint density at radius 1 is 1.43 bits per heavy atom. The molecule has 1 saturated heterocycles. The fourth-order valence-corrected chi connectivity index (χ4v) is 4.83. The Morgan fingerprint density at radius 3 is 2.86 bits per heavy atom. The van der Waals surface area contributed by atoms with E-state index in [4.69, 9.17) is 5.73 Å². The van der Waals surface area contributed by atoms with Gasteiger partial charge in [-0.1, -0.05) is 6.42 Å². The van der Waals surface area contributed by atoms with E-state index in [-0.39, 0.29) is 11.1 Å². The predicted molar refractivity (Wildman–Crippen MR) is 80.2 cm³/mol. The van der Waals surface area contributed by atoms with Crippen LogP contribution >= 0.6 is 11.3 Å². The molecule has 0 aliphatic carbocycles. The Bertz CT molecular complexity index is 736. The van der Waals surface area contributed by atoms with Crippen LogP contribution in [0.25, 0.3) is 0 Å². The molecule has 2 aromatic heterocycles. The smallest absolute Gasteiger partial charge is 0.262 e. The van der Waals surface area contributed by atoms with E-state index in [2.05, 4.69) is 9.97 Å². The van der Waals surface area contributed by atoms with Crippen molar-refractivity contribution in [1.82, 2.24) is 18.8 Å². The molecule has 2 N–H and O–H groups in total. The maximum absolute atomic E-state index is 12.8. The average Bonchev–Trinajstić information content (AvgIpc) is 3.08. The molecule has 114 valence electrons. The van der Waals surface area contributed by atoms with Crippen molar-refractivity contribution in [3.8, 4) is 0 Å². The second-order valence-corrected chi connectivity index (χ2v) is 7.84. The van der Waals surface area contributed by atoms with Crippen LogP contribution < -0.4 is 5.73 Å². The number of imidazole rings is 1. The molecule has 0 aromatic carbocycles. The zero-order valence-electron chi connectivity index (χ0n) is 11.6. The SMILES string of the molecule is Cn1cnc(S(=O)(=O)N2CCCC[C@H]2c2csc(N)n2)c1. The van der Waals surface area contributed by atoms with E-state index in [0.29, 0.717) is 11.7 Å². The lowest BCUT2D eigenvalue weighted by Crippen LogP contribution is -2.38. The van der Waals surface area contributed by atoms with Gasteiger partial charge in [0.05, 0.1) is 18.1 Å². The van der Waals surface area contributed by atoms with E-state index < -0.39 is 10.0 Å². The first-order valence-corrected chi connectivity index (χ1v) is 9.01. The first-order valence-electron chi connectivity index (χ1n) is 6.69. The van der Waals surface area contributed by atoms with E-state index in [1.807, 2.05) is 5.38 Å². The largest absolute Gasteiger partial charge is 0.375 e. The number of rotatable bonds is 3. The molecule has 0 radical (unpaired) electrons. The number of nitrogen functional groups attached to an aromatic ring is 1. The van der Waals surface area contributed by atoms with E-state index in [9.17, 15) is 8.42 Å². The maximum Gasteiger partial charge on any atom is 0.262 e. The van der Waals surface area contributed by atoms with Gasteiger partial charge in [-0.3, -0.25) is 0 Å². The van der Waals surface area contributed by atoms with Crippen LogP contribution in [0.2, 0.25) is 0 Å². The van der Waals surface area contributed by atoms with Crippen LogP contribution in [-0.2, 0) is 17.1 Å². The van der Waals surface area contributed by atoms with Gasteiger partial charge in [-0.2, -0.15) is 4.31 Å². The van der Waals surface area contributed by atoms with E-state index in [1.54, 1.807) is 11.6 Å². The molecule has 1 atom stereocenters. The van der Waals surface area contributed by atoms with Gasteiger partial charge >= 0.3 is 0 Å². The number of aryl methyl sites for hydroxylation is 1. The van der Waals surface area contributed by atoms with Crippen LogP contribution in [0.15, 0.2) is 22.9 Å². The highest BCUT2D eigenvalue weighted by Crippen LogP contribution is 2.35. The van der Waals surface area contributed by atoms with Crippen molar-refractivity contribution in [3.63, 3.8) is 0 Å². The number of thiazole rings is 1. The van der Waals surface area contributed by atoms with Crippen LogP contribution in [0.1, 0.15) is 31.0 Å². The first kappa shape index (κ1) is 14.5. The normalized spacial score (nSPS) is 20.7. The number of anilines is 1. The number of hydrogen-bond acceptors (Lipinski definition) is 6. The monoisotopic (exact) mass is 327 g/mol. The van der Waals surface area contributed by atoms with Crippen LogP contribution in [0.5, 0.6) is 0 Å². The molecule has 3 rings (SSSR count). The lowest BCUT2D eigenvalue weighted by atomic mass is 10.0. The van der Waals surface area contributed by atoms with Crippen molar-refractivity contribution in [2.45, 2.75) is 30.3 Å². The number of nitrogens with zero attached hydrogens (tertiary/aromatic N) is 4. The van der Waals surface area contributed by atoms with Gasteiger partial charge in [0.1, 0.15) is 0 Å².